The van der Waals surface area contributed by atoms with Crippen molar-refractivity contribution in [2.45, 2.75) is 31.5 Å². The predicted octanol–water partition coefficient (Wildman–Crippen LogP) is 2.80. The van der Waals surface area contributed by atoms with Crippen LogP contribution in [-0.2, 0) is 20.9 Å². The van der Waals surface area contributed by atoms with E-state index in [2.05, 4.69) is 10.6 Å². The minimum atomic E-state index is -0.948. The first kappa shape index (κ1) is 25.3. The van der Waals surface area contributed by atoms with Crippen molar-refractivity contribution >= 4 is 17.7 Å². The number of hydrogen-bond donors (Lipinski definition) is 2. The van der Waals surface area contributed by atoms with E-state index in [9.17, 15) is 14.4 Å². The Bertz CT molecular complexity index is 1260. The Labute approximate surface area is 219 Å². The van der Waals surface area contributed by atoms with Gasteiger partial charge in [0.05, 0.1) is 18.9 Å². The Balaban J connectivity index is 1.41. The van der Waals surface area contributed by atoms with Crippen LogP contribution in [0.1, 0.15) is 40.6 Å². The third-order valence-electron chi connectivity index (χ3n) is 6.46. The Morgan fingerprint density at radius 1 is 0.974 bits per heavy atom. The van der Waals surface area contributed by atoms with Crippen LogP contribution in [0.15, 0.2) is 71.3 Å². The number of nitrogens with zero attached hydrogens (tertiary/aromatic N) is 1. The summed E-state index contributed by atoms with van der Waals surface area (Å²) < 4.78 is 21.7. The first-order chi connectivity index (χ1) is 18.6. The van der Waals surface area contributed by atoms with Gasteiger partial charge in [0.15, 0.2) is 17.3 Å². The molecule has 1 fully saturated rings. The van der Waals surface area contributed by atoms with Crippen molar-refractivity contribution in [3.05, 3.63) is 83.8 Å². The first-order valence-corrected chi connectivity index (χ1v) is 12.5. The molecule has 2 N–H and O–H groups in total. The van der Waals surface area contributed by atoms with Gasteiger partial charge in [0.25, 0.3) is 5.91 Å². The van der Waals surface area contributed by atoms with E-state index in [1.807, 2.05) is 24.3 Å². The van der Waals surface area contributed by atoms with E-state index in [4.69, 9.17) is 18.6 Å². The second kappa shape index (κ2) is 11.8. The monoisotopic (exact) mass is 519 g/mol. The van der Waals surface area contributed by atoms with Crippen LogP contribution in [0.25, 0.3) is 0 Å². The maximum atomic E-state index is 13.7. The van der Waals surface area contributed by atoms with Gasteiger partial charge in [-0.25, -0.2) is 0 Å². The fourth-order valence-electron chi connectivity index (χ4n) is 4.54. The maximum Gasteiger partial charge on any atom is 0.287 e. The highest BCUT2D eigenvalue weighted by atomic mass is 16.7. The first-order valence-electron chi connectivity index (χ1n) is 12.5. The molecule has 3 aromatic rings. The number of amides is 3. The molecule has 5 rings (SSSR count). The summed E-state index contributed by atoms with van der Waals surface area (Å²) in [5.41, 5.74) is 1.39. The molecule has 0 spiro atoms. The van der Waals surface area contributed by atoms with Crippen LogP contribution in [0.3, 0.4) is 0 Å². The standard InChI is InChI=1S/C28H29N3O7/c32-25(16-30-27(33)23-9-5-13-36-23)31(17-19-10-11-22-24(14-19)38-18-37-22)26(20-6-2-1-3-7-20)28(34)29-15-21-8-4-12-35-21/h1-3,5-7,9-11,13-14,21,26H,4,8,12,15-18H2,(H,29,34)(H,30,33). The molecule has 2 aliphatic heterocycles. The molecule has 0 saturated carbocycles. The van der Waals surface area contributed by atoms with Crippen LogP contribution in [0.5, 0.6) is 11.5 Å². The fourth-order valence-corrected chi connectivity index (χ4v) is 4.54. The zero-order chi connectivity index (χ0) is 26.3. The lowest BCUT2D eigenvalue weighted by molar-refractivity contribution is -0.141. The lowest BCUT2D eigenvalue weighted by Crippen LogP contribution is -2.48. The Kier molecular flexibility index (Phi) is 7.89. The zero-order valence-corrected chi connectivity index (χ0v) is 20.8. The lowest BCUT2D eigenvalue weighted by Gasteiger charge is -2.32. The van der Waals surface area contributed by atoms with E-state index in [0.29, 0.717) is 30.2 Å². The molecule has 38 heavy (non-hydrogen) atoms. The molecule has 198 valence electrons. The normalized spacial score (nSPS) is 16.6. The molecular formula is C28H29N3O7. The number of hydrogen-bond acceptors (Lipinski definition) is 7. The molecule has 2 aromatic carbocycles. The molecule has 3 heterocycles. The molecule has 10 nitrogen and oxygen atoms in total. The van der Waals surface area contributed by atoms with E-state index >= 15 is 0 Å². The van der Waals surface area contributed by atoms with Gasteiger partial charge in [0.2, 0.25) is 18.6 Å². The second-order valence-electron chi connectivity index (χ2n) is 9.06. The van der Waals surface area contributed by atoms with Crippen LogP contribution < -0.4 is 20.1 Å². The number of carbonyl (C=O) groups excluding carboxylic acids is 3. The average Bonchev–Trinajstić information content (AvgIpc) is 3.73. The van der Waals surface area contributed by atoms with Crippen LogP contribution in [-0.4, -0.2) is 55.2 Å². The van der Waals surface area contributed by atoms with Gasteiger partial charge in [-0.3, -0.25) is 14.4 Å². The third-order valence-corrected chi connectivity index (χ3v) is 6.46. The van der Waals surface area contributed by atoms with Gasteiger partial charge < -0.3 is 34.2 Å². The maximum absolute atomic E-state index is 13.7. The molecule has 2 atom stereocenters. The summed E-state index contributed by atoms with van der Waals surface area (Å²) in [7, 11) is 0. The summed E-state index contributed by atoms with van der Waals surface area (Å²) in [5.74, 6) is -0.0206. The summed E-state index contributed by atoms with van der Waals surface area (Å²) in [4.78, 5) is 41.2. The Morgan fingerprint density at radius 3 is 2.58 bits per heavy atom. The highest BCUT2D eigenvalue weighted by molar-refractivity contribution is 5.95. The number of furan rings is 1. The predicted molar refractivity (Wildman–Crippen MR) is 135 cm³/mol. The largest absolute Gasteiger partial charge is 0.459 e. The van der Waals surface area contributed by atoms with E-state index in [1.54, 1.807) is 30.3 Å². The van der Waals surface area contributed by atoms with E-state index in [-0.39, 0.29) is 37.7 Å². The third kappa shape index (κ3) is 5.97. The fraction of sp³-hybridized carbons (Fsp3) is 0.321. The van der Waals surface area contributed by atoms with Crippen LogP contribution >= 0.6 is 0 Å². The number of rotatable bonds is 10. The number of benzene rings is 2. The van der Waals surface area contributed by atoms with Gasteiger partial charge in [-0.1, -0.05) is 36.4 Å². The SMILES string of the molecule is O=C(NCC(=O)N(Cc1ccc2c(c1)OCO2)C(C(=O)NCC1CCCO1)c1ccccc1)c1ccco1. The van der Waals surface area contributed by atoms with Crippen molar-refractivity contribution in [3.63, 3.8) is 0 Å². The van der Waals surface area contributed by atoms with E-state index in [1.165, 1.54) is 17.2 Å². The molecule has 2 aliphatic rings. The Hall–Kier alpha value is -4.31. The van der Waals surface area contributed by atoms with Crippen LogP contribution in [0.4, 0.5) is 0 Å². The Morgan fingerprint density at radius 2 is 1.82 bits per heavy atom. The summed E-state index contributed by atoms with van der Waals surface area (Å²) in [6.45, 7) is 0.917. The van der Waals surface area contributed by atoms with Crippen molar-refractivity contribution in [3.8, 4) is 11.5 Å². The van der Waals surface area contributed by atoms with Crippen molar-refractivity contribution in [1.29, 1.82) is 0 Å². The van der Waals surface area contributed by atoms with Gasteiger partial charge in [-0.15, -0.1) is 0 Å². The second-order valence-corrected chi connectivity index (χ2v) is 9.06. The van der Waals surface area contributed by atoms with Gasteiger partial charge in [-0.05, 0) is 48.2 Å². The smallest absolute Gasteiger partial charge is 0.287 e. The van der Waals surface area contributed by atoms with Gasteiger partial charge in [-0.2, -0.15) is 0 Å². The number of ether oxygens (including phenoxy) is 3. The van der Waals surface area contributed by atoms with Crippen molar-refractivity contribution in [2.24, 2.45) is 0 Å². The quantitative estimate of drug-likeness (QED) is 0.423. The van der Waals surface area contributed by atoms with Crippen molar-refractivity contribution in [2.75, 3.05) is 26.5 Å². The van der Waals surface area contributed by atoms with Gasteiger partial charge >= 0.3 is 0 Å². The summed E-state index contributed by atoms with van der Waals surface area (Å²) in [6, 6.07) is 16.6. The lowest BCUT2D eigenvalue weighted by atomic mass is 10.0. The van der Waals surface area contributed by atoms with Crippen LogP contribution in [0, 0.1) is 0 Å². The highest BCUT2D eigenvalue weighted by Crippen LogP contribution is 2.34. The molecular weight excluding hydrogens is 490 g/mol. The van der Waals surface area contributed by atoms with E-state index in [0.717, 1.165) is 18.4 Å². The van der Waals surface area contributed by atoms with Gasteiger partial charge in [0.1, 0.15) is 6.04 Å². The molecule has 2 unspecified atom stereocenters. The molecule has 0 bridgehead atoms. The highest BCUT2D eigenvalue weighted by Gasteiger charge is 2.33. The molecule has 0 radical (unpaired) electrons. The van der Waals surface area contributed by atoms with Crippen molar-refractivity contribution < 1.29 is 33.0 Å². The summed E-state index contributed by atoms with van der Waals surface area (Å²) >= 11 is 0. The summed E-state index contributed by atoms with van der Waals surface area (Å²) in [6.07, 6.45) is 3.15. The molecule has 1 saturated heterocycles. The van der Waals surface area contributed by atoms with Crippen molar-refractivity contribution in [1.82, 2.24) is 15.5 Å². The van der Waals surface area contributed by atoms with Crippen LogP contribution in [0.2, 0.25) is 0 Å². The van der Waals surface area contributed by atoms with E-state index < -0.39 is 17.9 Å². The minimum absolute atomic E-state index is 0.0547. The minimum Gasteiger partial charge on any atom is -0.459 e. The summed E-state index contributed by atoms with van der Waals surface area (Å²) in [5, 5.41) is 5.56. The van der Waals surface area contributed by atoms with Gasteiger partial charge in [0, 0.05) is 19.7 Å². The number of fused-ring (bicyclic) bond motifs is 1. The molecule has 1 aromatic heterocycles. The number of carbonyl (C=O) groups is 3. The molecule has 10 heteroatoms. The number of nitrogens with one attached hydrogen (secondary N) is 2. The average molecular weight is 520 g/mol. The molecule has 0 aliphatic carbocycles. The topological polar surface area (TPSA) is 119 Å². The zero-order valence-electron chi connectivity index (χ0n) is 20.8. The molecule has 3 amide bonds.